The number of carboxylic acid groups (broad SMARTS) is 1. The third-order valence-corrected chi connectivity index (χ3v) is 4.92. The van der Waals surface area contributed by atoms with Gasteiger partial charge in [0.25, 0.3) is 6.47 Å². The van der Waals surface area contributed by atoms with Gasteiger partial charge in [0.2, 0.25) is 0 Å². The zero-order chi connectivity index (χ0) is 25.5. The van der Waals surface area contributed by atoms with E-state index in [9.17, 15) is 9.18 Å². The number of nitrogens with zero attached hydrogens (tertiary/aromatic N) is 6. The van der Waals surface area contributed by atoms with Crippen LogP contribution in [0.15, 0.2) is 42.6 Å². The van der Waals surface area contributed by atoms with E-state index in [1.54, 1.807) is 48.0 Å². The summed E-state index contributed by atoms with van der Waals surface area (Å²) in [6.45, 7) is 1.75. The molecular weight excluding hydrogens is 459 g/mol. The fourth-order valence-corrected chi connectivity index (χ4v) is 3.44. The maximum atomic E-state index is 14.2. The van der Waals surface area contributed by atoms with E-state index in [2.05, 4.69) is 20.1 Å². The van der Waals surface area contributed by atoms with E-state index in [-0.39, 0.29) is 48.4 Å². The van der Waals surface area contributed by atoms with Crippen LogP contribution in [0.2, 0.25) is 0 Å². The Balaban J connectivity index is 0.00000108. The number of halogens is 1. The van der Waals surface area contributed by atoms with Crippen LogP contribution >= 0.6 is 0 Å². The molecule has 0 unspecified atom stereocenters. The first-order chi connectivity index (χ1) is 16.9. The number of carbonyl (C=O) groups is 2. The van der Waals surface area contributed by atoms with Gasteiger partial charge in [-0.2, -0.15) is 5.10 Å². The fourth-order valence-electron chi connectivity index (χ4n) is 3.44. The van der Waals surface area contributed by atoms with Crippen LogP contribution in [0.1, 0.15) is 18.3 Å². The molecule has 0 radical (unpaired) electrons. The normalized spacial score (nSPS) is 10.4. The largest absolute Gasteiger partial charge is 0.483 e. The quantitative estimate of drug-likeness (QED) is 0.358. The maximum absolute atomic E-state index is 14.2. The highest BCUT2D eigenvalue weighted by Gasteiger charge is 2.24. The third kappa shape index (κ3) is 5.08. The highest BCUT2D eigenvalue weighted by molar-refractivity contribution is 5.95. The number of nitrogen functional groups attached to an aromatic ring is 2. The van der Waals surface area contributed by atoms with Crippen molar-refractivity contribution in [2.75, 3.05) is 30.0 Å². The van der Waals surface area contributed by atoms with Crippen molar-refractivity contribution < 1.29 is 23.8 Å². The average Bonchev–Trinajstić information content (AvgIpc) is 3.21. The lowest BCUT2D eigenvalue weighted by Crippen LogP contribution is -2.32. The van der Waals surface area contributed by atoms with E-state index >= 15 is 0 Å². The lowest BCUT2D eigenvalue weighted by Gasteiger charge is -2.21. The van der Waals surface area contributed by atoms with Gasteiger partial charge in [0.1, 0.15) is 23.0 Å². The lowest BCUT2D eigenvalue weighted by molar-refractivity contribution is -0.122. The Labute approximate surface area is 199 Å². The maximum Gasteiger partial charge on any atom is 0.414 e. The van der Waals surface area contributed by atoms with Crippen molar-refractivity contribution >= 4 is 35.4 Å². The first-order valence-electron chi connectivity index (χ1n) is 10.3. The first-order valence-corrected chi connectivity index (χ1v) is 10.3. The summed E-state index contributed by atoms with van der Waals surface area (Å²) in [6.07, 6.45) is 1.18. The van der Waals surface area contributed by atoms with Crippen molar-refractivity contribution in [1.29, 1.82) is 0 Å². The number of aromatic nitrogens is 5. The summed E-state index contributed by atoms with van der Waals surface area (Å²) < 4.78 is 20.6. The van der Waals surface area contributed by atoms with E-state index in [4.69, 9.17) is 26.1 Å². The molecule has 0 aliphatic heterocycles. The molecule has 4 rings (SSSR count). The highest BCUT2D eigenvalue weighted by Crippen LogP contribution is 2.32. The molecular formula is C22H23FN8O4. The zero-order valence-corrected chi connectivity index (χ0v) is 18.9. The Morgan fingerprint density at radius 3 is 2.43 bits per heavy atom. The molecule has 3 aromatic heterocycles. The van der Waals surface area contributed by atoms with Crippen molar-refractivity contribution in [2.24, 2.45) is 0 Å². The van der Waals surface area contributed by atoms with Gasteiger partial charge in [-0.3, -0.25) is 9.69 Å². The topological polar surface area (TPSA) is 175 Å². The minimum absolute atomic E-state index is 0.000411. The Morgan fingerprint density at radius 2 is 1.83 bits per heavy atom. The number of carbonyl (C=O) groups excluding carboxylic acids is 1. The number of hydrogen-bond acceptors (Lipinski definition) is 9. The Hall–Kier alpha value is -4.81. The number of fused-ring (bicyclic) bond motifs is 1. The number of amides is 1. The van der Waals surface area contributed by atoms with Crippen LogP contribution in [-0.2, 0) is 16.0 Å². The highest BCUT2D eigenvalue weighted by atomic mass is 19.1. The summed E-state index contributed by atoms with van der Waals surface area (Å²) in [6, 6.07) is 9.99. The number of hydrogen-bond donors (Lipinski definition) is 3. The monoisotopic (exact) mass is 482 g/mol. The molecule has 13 heteroatoms. The SMILES string of the molecule is CCN(C(=O)OC)c1c(N)nc(-c2nc(Cc3ccccc3F)n3ncccc23)nc1N.O=CO. The van der Waals surface area contributed by atoms with E-state index in [0.717, 1.165) is 0 Å². The summed E-state index contributed by atoms with van der Waals surface area (Å²) in [7, 11) is 1.26. The Kier molecular flexibility index (Phi) is 7.71. The second-order valence-corrected chi connectivity index (χ2v) is 6.95. The molecule has 0 saturated heterocycles. The van der Waals surface area contributed by atoms with Gasteiger partial charge in [-0.05, 0) is 30.7 Å². The molecule has 0 saturated carbocycles. The third-order valence-electron chi connectivity index (χ3n) is 4.92. The Bertz CT molecular complexity index is 1340. The minimum atomic E-state index is -0.633. The minimum Gasteiger partial charge on any atom is -0.483 e. The standard InChI is InChI=1S/C21H21FN8O2.CH2O2/c1-3-29(21(31)32-2)17-18(23)27-20(28-19(17)24)16-14-9-6-10-25-30(14)15(26-16)11-12-7-4-5-8-13(12)22;2-1-3/h4-10H,3,11H2,1-2H3,(H4,23,24,27,28);1H,(H,2,3). The van der Waals surface area contributed by atoms with Crippen molar-refractivity contribution in [3.8, 4) is 11.5 Å². The second kappa shape index (κ2) is 10.9. The Morgan fingerprint density at radius 1 is 1.17 bits per heavy atom. The molecule has 0 fully saturated rings. The summed E-state index contributed by atoms with van der Waals surface area (Å²) >= 11 is 0. The van der Waals surface area contributed by atoms with Crippen LogP contribution in [0.25, 0.3) is 17.0 Å². The molecule has 1 amide bonds. The second-order valence-electron chi connectivity index (χ2n) is 6.95. The number of methoxy groups -OCH3 is 1. The van der Waals surface area contributed by atoms with Crippen molar-refractivity contribution in [2.45, 2.75) is 13.3 Å². The molecule has 3 heterocycles. The van der Waals surface area contributed by atoms with Gasteiger partial charge >= 0.3 is 6.09 Å². The van der Waals surface area contributed by atoms with Crippen LogP contribution in [0, 0.1) is 5.82 Å². The molecule has 35 heavy (non-hydrogen) atoms. The lowest BCUT2D eigenvalue weighted by atomic mass is 10.1. The summed E-state index contributed by atoms with van der Waals surface area (Å²) in [5.74, 6) is 0.324. The van der Waals surface area contributed by atoms with Gasteiger partial charge in [0.05, 0.1) is 12.6 Å². The first kappa shape index (κ1) is 24.8. The molecule has 0 aliphatic rings. The zero-order valence-electron chi connectivity index (χ0n) is 18.9. The molecule has 0 spiro atoms. The molecule has 0 aliphatic carbocycles. The predicted molar refractivity (Wildman–Crippen MR) is 126 cm³/mol. The number of rotatable bonds is 5. The van der Waals surface area contributed by atoms with Crippen molar-refractivity contribution in [3.05, 3.63) is 59.8 Å². The van der Waals surface area contributed by atoms with Gasteiger partial charge in [-0.25, -0.2) is 28.7 Å². The van der Waals surface area contributed by atoms with E-state index in [1.807, 2.05) is 0 Å². The van der Waals surface area contributed by atoms with E-state index < -0.39 is 6.09 Å². The summed E-state index contributed by atoms with van der Waals surface area (Å²) in [5.41, 5.74) is 13.9. The predicted octanol–water partition coefficient (Wildman–Crippen LogP) is 2.37. The van der Waals surface area contributed by atoms with Crippen LogP contribution in [0.3, 0.4) is 0 Å². The molecule has 12 nitrogen and oxygen atoms in total. The molecule has 0 atom stereocenters. The number of benzene rings is 1. The summed E-state index contributed by atoms with van der Waals surface area (Å²) in [4.78, 5) is 35.0. The molecule has 4 aromatic rings. The van der Waals surface area contributed by atoms with Gasteiger partial charge in [0.15, 0.2) is 17.5 Å². The van der Waals surface area contributed by atoms with Gasteiger partial charge in [0, 0.05) is 19.2 Å². The molecule has 1 aromatic carbocycles. The number of imidazole rings is 1. The van der Waals surface area contributed by atoms with Crippen LogP contribution in [0.4, 0.5) is 26.5 Å². The average molecular weight is 482 g/mol. The van der Waals surface area contributed by atoms with Crippen molar-refractivity contribution in [1.82, 2.24) is 24.6 Å². The van der Waals surface area contributed by atoms with E-state index in [1.165, 1.54) is 18.1 Å². The molecule has 0 bridgehead atoms. The van der Waals surface area contributed by atoms with Crippen LogP contribution in [0.5, 0.6) is 0 Å². The van der Waals surface area contributed by atoms with Crippen molar-refractivity contribution in [3.63, 3.8) is 0 Å². The number of anilines is 3. The number of ether oxygens (including phenoxy) is 1. The smallest absolute Gasteiger partial charge is 0.414 e. The van der Waals surface area contributed by atoms with Gasteiger partial charge < -0.3 is 21.3 Å². The summed E-state index contributed by atoms with van der Waals surface area (Å²) in [5, 5.41) is 11.2. The van der Waals surface area contributed by atoms with Gasteiger partial charge in [-0.1, -0.05) is 18.2 Å². The van der Waals surface area contributed by atoms with Crippen LogP contribution < -0.4 is 16.4 Å². The van der Waals surface area contributed by atoms with E-state index in [0.29, 0.717) is 22.6 Å². The van der Waals surface area contributed by atoms with Gasteiger partial charge in [-0.15, -0.1) is 0 Å². The molecule has 5 N–H and O–H groups in total. The van der Waals surface area contributed by atoms with Crippen LogP contribution in [-0.4, -0.2) is 55.9 Å². The molecule has 182 valence electrons. The number of nitrogens with two attached hydrogens (primary N) is 2. The fraction of sp³-hybridized carbons (Fsp3) is 0.182.